The number of nitrogens with zero attached hydrogens (tertiary/aromatic N) is 1. The molecule has 0 unspecified atom stereocenters. The fraction of sp³-hybridized carbons (Fsp3) is 0.467. The topological polar surface area (TPSA) is 75.4 Å². The Morgan fingerprint density at radius 1 is 1.30 bits per heavy atom. The molecule has 0 atom stereocenters. The van der Waals surface area contributed by atoms with Crippen LogP contribution in [0.15, 0.2) is 18.2 Å². The van der Waals surface area contributed by atoms with Gasteiger partial charge in [-0.3, -0.25) is 9.59 Å². The first-order chi connectivity index (χ1) is 10.5. The van der Waals surface area contributed by atoms with Crippen molar-refractivity contribution in [1.82, 2.24) is 4.90 Å². The molecule has 0 saturated heterocycles. The largest absolute Gasteiger partial charge is 0.333 e. The molecule has 130 valence electrons. The summed E-state index contributed by atoms with van der Waals surface area (Å²) < 4.78 is 0. The van der Waals surface area contributed by atoms with Gasteiger partial charge in [-0.25, -0.2) is 0 Å². The van der Waals surface area contributed by atoms with E-state index in [-0.39, 0.29) is 30.8 Å². The fourth-order valence-corrected chi connectivity index (χ4v) is 2.27. The number of halogens is 3. The minimum absolute atomic E-state index is 0. The molecule has 1 rings (SSSR count). The van der Waals surface area contributed by atoms with Crippen molar-refractivity contribution in [2.45, 2.75) is 26.2 Å². The third-order valence-corrected chi connectivity index (χ3v) is 3.54. The molecule has 0 radical (unpaired) electrons. The molecular weight excluding hydrogens is 361 g/mol. The number of anilines is 1. The summed E-state index contributed by atoms with van der Waals surface area (Å²) in [5.74, 6) is -0.377. The highest BCUT2D eigenvalue weighted by Crippen LogP contribution is 2.25. The van der Waals surface area contributed by atoms with Crippen LogP contribution in [0, 0.1) is 0 Å². The van der Waals surface area contributed by atoms with Gasteiger partial charge in [0.15, 0.2) is 0 Å². The lowest BCUT2D eigenvalue weighted by Crippen LogP contribution is -2.38. The zero-order chi connectivity index (χ0) is 16.5. The molecule has 0 aliphatic heterocycles. The Morgan fingerprint density at radius 2 is 2.00 bits per heavy atom. The quantitative estimate of drug-likeness (QED) is 0.724. The standard InChI is InChI=1S/C15H21Cl2N3O2.ClH/c1-2-8-20(15(22)4-3-7-18)10-14(21)19-13-9-11(16)5-6-12(13)17;/h5-6,9H,2-4,7-8,10,18H2,1H3,(H,19,21);1H. The van der Waals surface area contributed by atoms with E-state index in [9.17, 15) is 9.59 Å². The van der Waals surface area contributed by atoms with Gasteiger partial charge in [0.05, 0.1) is 17.3 Å². The van der Waals surface area contributed by atoms with Gasteiger partial charge in [0.1, 0.15) is 0 Å². The molecular formula is C15H22Cl3N3O2. The van der Waals surface area contributed by atoms with Gasteiger partial charge in [-0.15, -0.1) is 12.4 Å². The summed E-state index contributed by atoms with van der Waals surface area (Å²) in [5, 5.41) is 3.55. The van der Waals surface area contributed by atoms with E-state index in [1.54, 1.807) is 18.2 Å². The van der Waals surface area contributed by atoms with Crippen molar-refractivity contribution in [2.75, 3.05) is 25.0 Å². The third-order valence-electron chi connectivity index (χ3n) is 2.98. The van der Waals surface area contributed by atoms with Crippen molar-refractivity contribution in [3.05, 3.63) is 28.2 Å². The second kappa shape index (κ2) is 11.5. The van der Waals surface area contributed by atoms with Crippen LogP contribution in [-0.2, 0) is 9.59 Å². The molecule has 0 saturated carbocycles. The van der Waals surface area contributed by atoms with E-state index in [1.165, 1.54) is 4.90 Å². The van der Waals surface area contributed by atoms with Crippen LogP contribution in [0.25, 0.3) is 0 Å². The van der Waals surface area contributed by atoms with Gasteiger partial charge in [0.25, 0.3) is 0 Å². The molecule has 1 aromatic carbocycles. The van der Waals surface area contributed by atoms with E-state index >= 15 is 0 Å². The Hall–Kier alpha value is -1.01. The van der Waals surface area contributed by atoms with Crippen molar-refractivity contribution < 1.29 is 9.59 Å². The van der Waals surface area contributed by atoms with Crippen molar-refractivity contribution in [1.29, 1.82) is 0 Å². The van der Waals surface area contributed by atoms with Gasteiger partial charge in [-0.05, 0) is 37.6 Å². The fourth-order valence-electron chi connectivity index (χ4n) is 1.93. The van der Waals surface area contributed by atoms with Gasteiger partial charge < -0.3 is 16.0 Å². The number of rotatable bonds is 8. The number of carbonyl (C=O) groups is 2. The van der Waals surface area contributed by atoms with Gasteiger partial charge in [0.2, 0.25) is 11.8 Å². The Kier molecular flexibility index (Phi) is 11.0. The lowest BCUT2D eigenvalue weighted by molar-refractivity contribution is -0.134. The van der Waals surface area contributed by atoms with E-state index in [4.69, 9.17) is 28.9 Å². The van der Waals surface area contributed by atoms with Gasteiger partial charge in [0, 0.05) is 18.0 Å². The summed E-state index contributed by atoms with van der Waals surface area (Å²) in [7, 11) is 0. The summed E-state index contributed by atoms with van der Waals surface area (Å²) >= 11 is 11.9. The lowest BCUT2D eigenvalue weighted by atomic mass is 10.2. The van der Waals surface area contributed by atoms with Crippen molar-refractivity contribution in [2.24, 2.45) is 5.73 Å². The Balaban J connectivity index is 0.00000484. The minimum Gasteiger partial charge on any atom is -0.333 e. The second-order valence-corrected chi connectivity index (χ2v) is 5.72. The van der Waals surface area contributed by atoms with E-state index in [2.05, 4.69) is 5.32 Å². The number of hydrogen-bond donors (Lipinski definition) is 2. The molecule has 0 aliphatic rings. The Labute approximate surface area is 152 Å². The molecule has 0 spiro atoms. The Bertz CT molecular complexity index is 527. The average molecular weight is 383 g/mol. The van der Waals surface area contributed by atoms with Crippen LogP contribution in [0.2, 0.25) is 10.0 Å². The van der Waals surface area contributed by atoms with Crippen LogP contribution in [0.4, 0.5) is 5.69 Å². The van der Waals surface area contributed by atoms with Crippen LogP contribution < -0.4 is 11.1 Å². The van der Waals surface area contributed by atoms with E-state index < -0.39 is 0 Å². The lowest BCUT2D eigenvalue weighted by Gasteiger charge is -2.21. The number of nitrogens with two attached hydrogens (primary N) is 1. The summed E-state index contributed by atoms with van der Waals surface area (Å²) in [6.45, 7) is 2.92. The minimum atomic E-state index is -0.307. The molecule has 8 heteroatoms. The van der Waals surface area contributed by atoms with Gasteiger partial charge in [-0.1, -0.05) is 30.1 Å². The first kappa shape index (κ1) is 22.0. The summed E-state index contributed by atoms with van der Waals surface area (Å²) in [6.07, 6.45) is 1.74. The average Bonchev–Trinajstić information content (AvgIpc) is 2.48. The molecule has 3 N–H and O–H groups in total. The predicted octanol–water partition coefficient (Wildman–Crippen LogP) is 3.33. The number of amides is 2. The summed E-state index contributed by atoms with van der Waals surface area (Å²) in [4.78, 5) is 25.7. The molecule has 0 aliphatic carbocycles. The van der Waals surface area contributed by atoms with Crippen LogP contribution in [0.5, 0.6) is 0 Å². The maximum atomic E-state index is 12.1. The van der Waals surface area contributed by atoms with Crippen LogP contribution >= 0.6 is 35.6 Å². The Morgan fingerprint density at radius 3 is 2.61 bits per heavy atom. The molecule has 0 bridgehead atoms. The maximum absolute atomic E-state index is 12.1. The highest BCUT2D eigenvalue weighted by atomic mass is 35.5. The van der Waals surface area contributed by atoms with Crippen LogP contribution in [0.1, 0.15) is 26.2 Å². The molecule has 23 heavy (non-hydrogen) atoms. The first-order valence-electron chi connectivity index (χ1n) is 7.20. The third kappa shape index (κ3) is 7.88. The summed E-state index contributed by atoms with van der Waals surface area (Å²) in [6, 6.07) is 4.82. The van der Waals surface area contributed by atoms with Crippen LogP contribution in [0.3, 0.4) is 0 Å². The van der Waals surface area contributed by atoms with E-state index in [1.807, 2.05) is 6.92 Å². The SMILES string of the molecule is CCCN(CC(=O)Nc1cc(Cl)ccc1Cl)C(=O)CCCN.Cl. The van der Waals surface area contributed by atoms with E-state index in [0.29, 0.717) is 41.7 Å². The first-order valence-corrected chi connectivity index (χ1v) is 7.96. The number of nitrogens with one attached hydrogen (secondary N) is 1. The molecule has 0 aromatic heterocycles. The van der Waals surface area contributed by atoms with Crippen molar-refractivity contribution >= 4 is 53.1 Å². The van der Waals surface area contributed by atoms with Crippen molar-refractivity contribution in [3.63, 3.8) is 0 Å². The molecule has 5 nitrogen and oxygen atoms in total. The number of hydrogen-bond acceptors (Lipinski definition) is 3. The normalized spacial score (nSPS) is 9.91. The number of carbonyl (C=O) groups excluding carboxylic acids is 2. The second-order valence-electron chi connectivity index (χ2n) is 4.88. The smallest absolute Gasteiger partial charge is 0.244 e. The van der Waals surface area contributed by atoms with Crippen molar-refractivity contribution in [3.8, 4) is 0 Å². The molecule has 2 amide bonds. The molecule has 0 heterocycles. The van der Waals surface area contributed by atoms with Gasteiger partial charge in [-0.2, -0.15) is 0 Å². The highest BCUT2D eigenvalue weighted by Gasteiger charge is 2.16. The maximum Gasteiger partial charge on any atom is 0.244 e. The molecule has 0 fully saturated rings. The number of benzene rings is 1. The zero-order valence-electron chi connectivity index (χ0n) is 13.0. The monoisotopic (exact) mass is 381 g/mol. The predicted molar refractivity (Wildman–Crippen MR) is 97.5 cm³/mol. The van der Waals surface area contributed by atoms with Gasteiger partial charge >= 0.3 is 0 Å². The van der Waals surface area contributed by atoms with E-state index in [0.717, 1.165) is 6.42 Å². The summed E-state index contributed by atoms with van der Waals surface area (Å²) in [5.41, 5.74) is 5.84. The molecule has 1 aromatic rings. The highest BCUT2D eigenvalue weighted by molar-refractivity contribution is 6.35. The zero-order valence-corrected chi connectivity index (χ0v) is 15.3. The van der Waals surface area contributed by atoms with Crippen LogP contribution in [-0.4, -0.2) is 36.3 Å².